The number of nitrogens with zero attached hydrogens (tertiary/aromatic N) is 1. The van der Waals surface area contributed by atoms with E-state index < -0.39 is 0 Å². The van der Waals surface area contributed by atoms with Gasteiger partial charge < -0.3 is 15.5 Å². The number of aryl methyl sites for hydroxylation is 1. The van der Waals surface area contributed by atoms with E-state index in [1.165, 1.54) is 4.90 Å². The largest absolute Gasteiger partial charge is 0.326 e. The molecule has 1 heterocycles. The van der Waals surface area contributed by atoms with E-state index in [9.17, 15) is 14.4 Å². The van der Waals surface area contributed by atoms with Crippen LogP contribution in [0.5, 0.6) is 0 Å². The second-order valence-electron chi connectivity index (χ2n) is 5.91. The van der Waals surface area contributed by atoms with E-state index in [4.69, 9.17) is 0 Å². The number of nitrogens with one attached hydrogen (secondary N) is 2. The van der Waals surface area contributed by atoms with Gasteiger partial charge in [0.15, 0.2) is 0 Å². The number of hydrogen-bond donors (Lipinski definition) is 2. The van der Waals surface area contributed by atoms with Gasteiger partial charge in [-0.3, -0.25) is 14.4 Å². The highest BCUT2D eigenvalue weighted by molar-refractivity contribution is 6.10. The van der Waals surface area contributed by atoms with Gasteiger partial charge in [0.05, 0.1) is 11.4 Å². The summed E-state index contributed by atoms with van der Waals surface area (Å²) in [6.07, 6.45) is 0.104. The van der Waals surface area contributed by atoms with E-state index >= 15 is 0 Å². The summed E-state index contributed by atoms with van der Waals surface area (Å²) in [4.78, 5) is 37.8. The first-order valence-electron chi connectivity index (χ1n) is 8.09. The number of rotatable bonds is 4. The Balaban J connectivity index is 1.62. The molecular weight excluding hydrogens is 318 g/mol. The highest BCUT2D eigenvalue weighted by Gasteiger charge is 2.26. The van der Waals surface area contributed by atoms with Gasteiger partial charge in [0.2, 0.25) is 17.7 Å². The van der Waals surface area contributed by atoms with Crippen LogP contribution in [0.3, 0.4) is 0 Å². The number of benzene rings is 2. The average Bonchev–Trinajstić information content (AvgIpc) is 2.61. The Labute approximate surface area is 145 Å². The fourth-order valence-electron chi connectivity index (χ4n) is 2.74. The third-order valence-corrected chi connectivity index (χ3v) is 4.06. The van der Waals surface area contributed by atoms with Crippen molar-refractivity contribution in [2.24, 2.45) is 0 Å². The Bertz CT molecular complexity index is 832. The Kier molecular flexibility index (Phi) is 4.79. The molecule has 0 saturated carbocycles. The van der Waals surface area contributed by atoms with Crippen molar-refractivity contribution in [3.8, 4) is 0 Å². The zero-order valence-electron chi connectivity index (χ0n) is 13.9. The molecule has 0 aromatic heterocycles. The summed E-state index contributed by atoms with van der Waals surface area (Å²) in [5.41, 5.74) is 2.97. The molecule has 0 bridgehead atoms. The molecule has 6 nitrogen and oxygen atoms in total. The summed E-state index contributed by atoms with van der Waals surface area (Å²) in [5.74, 6) is -0.712. The zero-order chi connectivity index (χ0) is 17.8. The van der Waals surface area contributed by atoms with Crippen molar-refractivity contribution in [2.45, 2.75) is 19.8 Å². The number of anilines is 3. The Morgan fingerprint density at radius 3 is 2.60 bits per heavy atom. The second-order valence-corrected chi connectivity index (χ2v) is 5.91. The molecule has 1 aliphatic heterocycles. The summed E-state index contributed by atoms with van der Waals surface area (Å²) in [5, 5.41) is 5.54. The lowest BCUT2D eigenvalue weighted by Gasteiger charge is -2.29. The second kappa shape index (κ2) is 7.17. The van der Waals surface area contributed by atoms with Gasteiger partial charge in [0, 0.05) is 18.5 Å². The molecule has 3 rings (SSSR count). The lowest BCUT2D eigenvalue weighted by atomic mass is 10.1. The predicted octanol–water partition coefficient (Wildman–Crippen LogP) is 2.70. The number of amides is 3. The number of carbonyl (C=O) groups excluding carboxylic acids is 3. The molecule has 3 amide bonds. The minimum atomic E-state index is -0.248. The van der Waals surface area contributed by atoms with Crippen LogP contribution in [0.2, 0.25) is 0 Å². The van der Waals surface area contributed by atoms with E-state index in [1.807, 2.05) is 37.3 Å². The van der Waals surface area contributed by atoms with Crippen molar-refractivity contribution >= 4 is 34.8 Å². The molecule has 128 valence electrons. The molecule has 0 saturated heterocycles. The molecule has 2 aromatic rings. The molecule has 0 unspecified atom stereocenters. The van der Waals surface area contributed by atoms with Gasteiger partial charge in [0.25, 0.3) is 0 Å². The third kappa shape index (κ3) is 3.85. The van der Waals surface area contributed by atoms with Crippen molar-refractivity contribution in [1.29, 1.82) is 0 Å². The highest BCUT2D eigenvalue weighted by Crippen LogP contribution is 2.29. The van der Waals surface area contributed by atoms with Crippen molar-refractivity contribution in [1.82, 2.24) is 0 Å². The third-order valence-electron chi connectivity index (χ3n) is 4.06. The van der Waals surface area contributed by atoms with E-state index in [0.717, 1.165) is 11.3 Å². The molecule has 2 N–H and O–H groups in total. The summed E-state index contributed by atoms with van der Waals surface area (Å²) in [6.45, 7) is 1.87. The van der Waals surface area contributed by atoms with E-state index in [-0.39, 0.29) is 37.1 Å². The Morgan fingerprint density at radius 2 is 1.80 bits per heavy atom. The van der Waals surface area contributed by atoms with Crippen LogP contribution in [0, 0.1) is 6.92 Å². The topological polar surface area (TPSA) is 78.5 Å². The first kappa shape index (κ1) is 16.7. The SMILES string of the molecule is Cc1ccccc1NC(=O)CCC(=O)N1CC(=O)Nc2ccccc21. The van der Waals surface area contributed by atoms with Crippen molar-refractivity contribution in [3.63, 3.8) is 0 Å². The molecule has 0 radical (unpaired) electrons. The van der Waals surface area contributed by atoms with E-state index in [0.29, 0.717) is 11.4 Å². The quantitative estimate of drug-likeness (QED) is 0.900. The first-order chi connectivity index (χ1) is 12.0. The maximum atomic E-state index is 12.5. The molecule has 0 spiro atoms. The van der Waals surface area contributed by atoms with E-state index in [1.54, 1.807) is 18.2 Å². The Morgan fingerprint density at radius 1 is 1.08 bits per heavy atom. The average molecular weight is 337 g/mol. The summed E-state index contributed by atoms with van der Waals surface area (Å²) < 4.78 is 0. The number of hydrogen-bond acceptors (Lipinski definition) is 3. The molecule has 25 heavy (non-hydrogen) atoms. The molecule has 6 heteroatoms. The fourth-order valence-corrected chi connectivity index (χ4v) is 2.74. The van der Waals surface area contributed by atoms with Gasteiger partial charge in [-0.15, -0.1) is 0 Å². The standard InChI is InChI=1S/C19H19N3O3/c1-13-6-2-3-7-14(13)20-17(23)10-11-19(25)22-12-18(24)21-15-8-4-5-9-16(15)22/h2-9H,10-12H2,1H3,(H,20,23)(H,21,24). The van der Waals surface area contributed by atoms with Crippen LogP contribution >= 0.6 is 0 Å². The lowest BCUT2D eigenvalue weighted by molar-refractivity contribution is -0.124. The molecule has 0 fully saturated rings. The monoisotopic (exact) mass is 337 g/mol. The molecule has 1 aliphatic rings. The maximum absolute atomic E-state index is 12.5. The lowest BCUT2D eigenvalue weighted by Crippen LogP contribution is -2.42. The van der Waals surface area contributed by atoms with Crippen LogP contribution in [-0.4, -0.2) is 24.3 Å². The van der Waals surface area contributed by atoms with Crippen molar-refractivity contribution in [3.05, 3.63) is 54.1 Å². The highest BCUT2D eigenvalue weighted by atomic mass is 16.2. The van der Waals surface area contributed by atoms with Crippen molar-refractivity contribution in [2.75, 3.05) is 22.1 Å². The zero-order valence-corrected chi connectivity index (χ0v) is 13.9. The summed E-state index contributed by atoms with van der Waals surface area (Å²) in [7, 11) is 0. The Hall–Kier alpha value is -3.15. The fraction of sp³-hybridized carbons (Fsp3) is 0.211. The van der Waals surface area contributed by atoms with Crippen LogP contribution in [-0.2, 0) is 14.4 Å². The minimum absolute atomic E-state index is 0.0325. The van der Waals surface area contributed by atoms with Crippen LogP contribution < -0.4 is 15.5 Å². The molecule has 2 aromatic carbocycles. The van der Waals surface area contributed by atoms with Gasteiger partial charge in [-0.05, 0) is 30.7 Å². The minimum Gasteiger partial charge on any atom is -0.326 e. The molecule has 0 aliphatic carbocycles. The van der Waals surface area contributed by atoms with Gasteiger partial charge in [0.1, 0.15) is 6.54 Å². The normalized spacial score (nSPS) is 13.0. The summed E-state index contributed by atoms with van der Waals surface area (Å²) in [6, 6.07) is 14.6. The molecule has 0 atom stereocenters. The van der Waals surface area contributed by atoms with Crippen molar-refractivity contribution < 1.29 is 14.4 Å². The van der Waals surface area contributed by atoms with Gasteiger partial charge >= 0.3 is 0 Å². The number of fused-ring (bicyclic) bond motifs is 1. The van der Waals surface area contributed by atoms with Crippen LogP contribution in [0.4, 0.5) is 17.1 Å². The van der Waals surface area contributed by atoms with Gasteiger partial charge in [-0.2, -0.15) is 0 Å². The summed E-state index contributed by atoms with van der Waals surface area (Å²) >= 11 is 0. The smallest absolute Gasteiger partial charge is 0.244 e. The van der Waals surface area contributed by atoms with E-state index in [2.05, 4.69) is 10.6 Å². The molecular formula is C19H19N3O3. The van der Waals surface area contributed by atoms with Gasteiger partial charge in [-0.1, -0.05) is 30.3 Å². The van der Waals surface area contributed by atoms with Crippen LogP contribution in [0.1, 0.15) is 18.4 Å². The maximum Gasteiger partial charge on any atom is 0.244 e. The number of carbonyl (C=O) groups is 3. The number of para-hydroxylation sites is 3. The van der Waals surface area contributed by atoms with Crippen LogP contribution in [0.25, 0.3) is 0 Å². The predicted molar refractivity (Wildman–Crippen MR) is 96.5 cm³/mol. The van der Waals surface area contributed by atoms with Crippen LogP contribution in [0.15, 0.2) is 48.5 Å². The van der Waals surface area contributed by atoms with Gasteiger partial charge in [-0.25, -0.2) is 0 Å². The first-order valence-corrected chi connectivity index (χ1v) is 8.09.